The highest BCUT2D eigenvalue weighted by Crippen LogP contribution is 2.68. The minimum absolute atomic E-state index is 0.334. The third kappa shape index (κ3) is 2.19. The van der Waals surface area contributed by atoms with Crippen molar-refractivity contribution in [3.05, 3.63) is 0 Å². The van der Waals surface area contributed by atoms with Crippen molar-refractivity contribution in [2.45, 2.75) is 51.5 Å². The first kappa shape index (κ1) is 12.2. The van der Waals surface area contributed by atoms with Crippen molar-refractivity contribution in [2.75, 3.05) is 6.61 Å². The molecule has 2 atom stereocenters. The minimum Gasteiger partial charge on any atom is -0.377 e. The topological polar surface area (TPSA) is 55.8 Å². The van der Waals surface area contributed by atoms with Crippen molar-refractivity contribution in [2.24, 2.45) is 0 Å². The molecule has 1 saturated heterocycles. The predicted octanol–water partition coefficient (Wildman–Crippen LogP) is 2.51. The van der Waals surface area contributed by atoms with Crippen LogP contribution in [-0.4, -0.2) is 22.7 Å². The molecule has 0 aromatic heterocycles. The van der Waals surface area contributed by atoms with E-state index in [1.807, 2.05) is 6.92 Å². The lowest BCUT2D eigenvalue weighted by Gasteiger charge is -2.22. The molecule has 1 N–H and O–H groups in total. The molecule has 14 heavy (non-hydrogen) atoms. The summed E-state index contributed by atoms with van der Waals surface area (Å²) in [6.45, 7) is 7.39. The molecule has 1 heterocycles. The van der Waals surface area contributed by atoms with Crippen LogP contribution in [0.15, 0.2) is 0 Å². The van der Waals surface area contributed by atoms with Crippen molar-refractivity contribution in [1.82, 2.24) is 0 Å². The maximum atomic E-state index is 12.1. The van der Waals surface area contributed by atoms with Gasteiger partial charge in [0.2, 0.25) is 0 Å². The quantitative estimate of drug-likeness (QED) is 0.745. The summed E-state index contributed by atoms with van der Waals surface area (Å²) in [5.74, 6) is 0. The van der Waals surface area contributed by atoms with Crippen LogP contribution in [0, 0.1) is 0 Å². The lowest BCUT2D eigenvalue weighted by Crippen LogP contribution is -2.24. The zero-order chi connectivity index (χ0) is 11.0. The maximum absolute atomic E-state index is 12.1. The summed E-state index contributed by atoms with van der Waals surface area (Å²) in [4.78, 5) is 0. The Morgan fingerprint density at radius 3 is 2.43 bits per heavy atom. The molecule has 0 saturated carbocycles. The van der Waals surface area contributed by atoms with Gasteiger partial charge in [-0.05, 0) is 27.2 Å². The summed E-state index contributed by atoms with van der Waals surface area (Å²) in [6, 6.07) is 0. The van der Waals surface area contributed by atoms with Gasteiger partial charge in [0.05, 0.1) is 12.2 Å². The molecular formula is C9H19O4P. The van der Waals surface area contributed by atoms with Gasteiger partial charge in [-0.15, -0.1) is 0 Å². The van der Waals surface area contributed by atoms with Crippen LogP contribution >= 0.6 is 7.60 Å². The lowest BCUT2D eigenvalue weighted by atomic mass is 10.0. The summed E-state index contributed by atoms with van der Waals surface area (Å²) in [5, 5.41) is 8.61. The SMILES string of the molecule is CCCOP1(=O)OC(C)(C)C[C@@]1(C)O. The van der Waals surface area contributed by atoms with E-state index in [-0.39, 0.29) is 0 Å². The number of aliphatic hydroxyl groups is 1. The Labute approximate surface area is 85.1 Å². The molecule has 0 radical (unpaired) electrons. The largest absolute Gasteiger partial charge is 0.377 e. The van der Waals surface area contributed by atoms with Gasteiger partial charge in [0.25, 0.3) is 0 Å². The molecule has 0 aromatic carbocycles. The van der Waals surface area contributed by atoms with E-state index in [1.165, 1.54) is 6.92 Å². The van der Waals surface area contributed by atoms with Gasteiger partial charge >= 0.3 is 7.60 Å². The molecule has 0 aromatic rings. The van der Waals surface area contributed by atoms with Gasteiger partial charge in [-0.2, -0.15) is 0 Å². The molecule has 1 rings (SSSR count). The first-order chi connectivity index (χ1) is 6.22. The molecule has 84 valence electrons. The standard InChI is InChI=1S/C9H19O4P/c1-5-6-12-14(11)9(4,10)7-8(2,3)13-14/h10H,5-7H2,1-4H3/t9-,14?/m0/s1. The highest BCUT2D eigenvalue weighted by molar-refractivity contribution is 7.55. The van der Waals surface area contributed by atoms with E-state index in [2.05, 4.69) is 0 Å². The van der Waals surface area contributed by atoms with Crippen molar-refractivity contribution < 1.29 is 18.7 Å². The first-order valence-corrected chi connectivity index (χ1v) is 6.44. The van der Waals surface area contributed by atoms with E-state index in [1.54, 1.807) is 13.8 Å². The van der Waals surface area contributed by atoms with Gasteiger partial charge < -0.3 is 14.2 Å². The van der Waals surface area contributed by atoms with Crippen LogP contribution in [0.25, 0.3) is 0 Å². The van der Waals surface area contributed by atoms with E-state index in [0.29, 0.717) is 13.0 Å². The Balaban J connectivity index is 2.83. The van der Waals surface area contributed by atoms with Gasteiger partial charge in [-0.25, -0.2) is 0 Å². The van der Waals surface area contributed by atoms with Crippen LogP contribution in [0.2, 0.25) is 0 Å². The van der Waals surface area contributed by atoms with Crippen molar-refractivity contribution in [3.63, 3.8) is 0 Å². The highest BCUT2D eigenvalue weighted by Gasteiger charge is 2.58. The summed E-state index contributed by atoms with van der Waals surface area (Å²) in [5.41, 5.74) is -0.577. The van der Waals surface area contributed by atoms with Crippen molar-refractivity contribution in [1.29, 1.82) is 0 Å². The summed E-state index contributed by atoms with van der Waals surface area (Å²) in [7, 11) is -3.36. The second-order valence-corrected chi connectivity index (χ2v) is 6.97. The van der Waals surface area contributed by atoms with Crippen LogP contribution in [0.4, 0.5) is 0 Å². The summed E-state index contributed by atoms with van der Waals surface area (Å²) in [6.07, 6.45) is 1.09. The molecule has 0 bridgehead atoms. The average Bonchev–Trinajstić information content (AvgIpc) is 2.12. The van der Waals surface area contributed by atoms with Gasteiger partial charge in [-0.1, -0.05) is 6.92 Å². The van der Waals surface area contributed by atoms with Crippen LogP contribution < -0.4 is 0 Å². The average molecular weight is 222 g/mol. The monoisotopic (exact) mass is 222 g/mol. The summed E-state index contributed by atoms with van der Waals surface area (Å²) >= 11 is 0. The van der Waals surface area contributed by atoms with Crippen LogP contribution in [0.5, 0.6) is 0 Å². The molecule has 1 fully saturated rings. The zero-order valence-electron chi connectivity index (χ0n) is 9.24. The third-order valence-electron chi connectivity index (χ3n) is 2.18. The predicted molar refractivity (Wildman–Crippen MR) is 54.3 cm³/mol. The molecule has 1 unspecified atom stereocenters. The molecule has 0 spiro atoms. The van der Waals surface area contributed by atoms with E-state index in [0.717, 1.165) is 6.42 Å². The Morgan fingerprint density at radius 2 is 2.07 bits per heavy atom. The molecule has 5 heteroatoms. The van der Waals surface area contributed by atoms with Crippen molar-refractivity contribution >= 4 is 7.60 Å². The van der Waals surface area contributed by atoms with Gasteiger partial charge in [-0.3, -0.25) is 4.57 Å². The van der Waals surface area contributed by atoms with Crippen LogP contribution in [0.1, 0.15) is 40.5 Å². The van der Waals surface area contributed by atoms with Crippen LogP contribution in [0.3, 0.4) is 0 Å². The molecule has 0 amide bonds. The Hall–Kier alpha value is 0.110. The van der Waals surface area contributed by atoms with Crippen LogP contribution in [-0.2, 0) is 13.6 Å². The zero-order valence-corrected chi connectivity index (χ0v) is 10.1. The normalized spacial score (nSPS) is 41.5. The fraction of sp³-hybridized carbons (Fsp3) is 1.00. The fourth-order valence-electron chi connectivity index (χ4n) is 1.74. The Bertz CT molecular complexity index is 260. The lowest BCUT2D eigenvalue weighted by molar-refractivity contribution is 0.0925. The highest BCUT2D eigenvalue weighted by atomic mass is 31.2. The molecule has 1 aliphatic heterocycles. The third-order valence-corrected chi connectivity index (χ3v) is 4.78. The number of hydrogen-bond donors (Lipinski definition) is 1. The molecule has 1 aliphatic rings. The number of hydrogen-bond acceptors (Lipinski definition) is 4. The first-order valence-electron chi connectivity index (χ1n) is 4.90. The van der Waals surface area contributed by atoms with E-state index in [4.69, 9.17) is 9.05 Å². The second kappa shape index (κ2) is 3.60. The Morgan fingerprint density at radius 1 is 1.50 bits per heavy atom. The molecule has 4 nitrogen and oxygen atoms in total. The van der Waals surface area contributed by atoms with E-state index in [9.17, 15) is 9.67 Å². The Kier molecular flexibility index (Phi) is 3.13. The number of rotatable bonds is 3. The van der Waals surface area contributed by atoms with E-state index >= 15 is 0 Å². The van der Waals surface area contributed by atoms with Gasteiger partial charge in [0.1, 0.15) is 0 Å². The summed E-state index contributed by atoms with van der Waals surface area (Å²) < 4.78 is 22.7. The second-order valence-electron chi connectivity index (χ2n) is 4.58. The van der Waals surface area contributed by atoms with Crippen molar-refractivity contribution in [3.8, 4) is 0 Å². The fourth-order valence-corrected chi connectivity index (χ4v) is 3.98. The molecule has 0 aliphatic carbocycles. The van der Waals surface area contributed by atoms with Gasteiger partial charge in [0, 0.05) is 6.42 Å². The maximum Gasteiger partial charge on any atom is 0.362 e. The smallest absolute Gasteiger partial charge is 0.362 e. The van der Waals surface area contributed by atoms with Gasteiger partial charge in [0.15, 0.2) is 5.34 Å². The minimum atomic E-state index is -3.36. The van der Waals surface area contributed by atoms with E-state index < -0.39 is 18.5 Å². The molecular weight excluding hydrogens is 203 g/mol.